The van der Waals surface area contributed by atoms with Crippen LogP contribution in [0.1, 0.15) is 48.1 Å². The van der Waals surface area contributed by atoms with Crippen LogP contribution in [0.15, 0.2) is 48.7 Å². The van der Waals surface area contributed by atoms with Crippen LogP contribution in [-0.2, 0) is 22.4 Å². The summed E-state index contributed by atoms with van der Waals surface area (Å²) in [7, 11) is 0. The van der Waals surface area contributed by atoms with E-state index in [0.29, 0.717) is 0 Å². The van der Waals surface area contributed by atoms with Crippen LogP contribution in [0.2, 0.25) is 0 Å². The van der Waals surface area contributed by atoms with Crippen LogP contribution in [0.5, 0.6) is 0 Å². The second-order valence-corrected chi connectivity index (χ2v) is 6.98. The normalized spacial score (nSPS) is 17.6. The molecule has 1 aliphatic carbocycles. The summed E-state index contributed by atoms with van der Waals surface area (Å²) in [6.07, 6.45) is 7.33. The van der Waals surface area contributed by atoms with Crippen LogP contribution in [-0.4, -0.2) is 16.7 Å². The molecule has 1 heterocycles. The Morgan fingerprint density at radius 2 is 1.92 bits per heavy atom. The van der Waals surface area contributed by atoms with Crippen molar-refractivity contribution in [1.29, 1.82) is 0 Å². The molecule has 1 aliphatic heterocycles. The Morgan fingerprint density at radius 3 is 2.77 bits per heavy atom. The van der Waals surface area contributed by atoms with E-state index < -0.39 is 0 Å². The third-order valence-electron chi connectivity index (χ3n) is 5.23. The first-order valence-electron chi connectivity index (χ1n) is 9.09. The van der Waals surface area contributed by atoms with Gasteiger partial charge >= 0.3 is 0 Å². The van der Waals surface area contributed by atoms with Gasteiger partial charge in [0.15, 0.2) is 0 Å². The van der Waals surface area contributed by atoms with Crippen molar-refractivity contribution < 1.29 is 9.59 Å². The summed E-state index contributed by atoms with van der Waals surface area (Å²) in [6.45, 7) is 1.53. The van der Waals surface area contributed by atoms with Gasteiger partial charge in [-0.05, 0) is 59.7 Å². The predicted octanol–water partition coefficient (Wildman–Crippen LogP) is 4.08. The summed E-state index contributed by atoms with van der Waals surface area (Å²) in [4.78, 5) is 26.4. The van der Waals surface area contributed by atoms with E-state index in [4.69, 9.17) is 0 Å². The number of benzene rings is 2. The van der Waals surface area contributed by atoms with Crippen LogP contribution in [0.25, 0.3) is 6.08 Å². The minimum absolute atomic E-state index is 0.0638. The maximum atomic E-state index is 12.7. The average molecular weight is 346 g/mol. The first-order valence-corrected chi connectivity index (χ1v) is 9.09. The number of hydrogen-bond acceptors (Lipinski definition) is 2. The van der Waals surface area contributed by atoms with Gasteiger partial charge in [-0.1, -0.05) is 30.3 Å². The molecule has 2 aliphatic rings. The fourth-order valence-electron chi connectivity index (χ4n) is 3.95. The molecule has 0 bridgehead atoms. The minimum atomic E-state index is -0.275. The van der Waals surface area contributed by atoms with Crippen molar-refractivity contribution in [3.05, 3.63) is 70.9 Å². The largest absolute Gasteiger partial charge is 0.326 e. The number of rotatable bonds is 3. The molecule has 0 fully saturated rings. The molecule has 0 saturated heterocycles. The third-order valence-corrected chi connectivity index (χ3v) is 5.23. The van der Waals surface area contributed by atoms with Gasteiger partial charge in [0, 0.05) is 18.8 Å². The first kappa shape index (κ1) is 16.6. The van der Waals surface area contributed by atoms with Crippen LogP contribution in [0.3, 0.4) is 0 Å². The Hall–Kier alpha value is -2.88. The fourth-order valence-corrected chi connectivity index (χ4v) is 3.95. The van der Waals surface area contributed by atoms with Crippen LogP contribution < -0.4 is 5.32 Å². The van der Waals surface area contributed by atoms with Crippen molar-refractivity contribution in [3.63, 3.8) is 0 Å². The maximum Gasteiger partial charge on any atom is 0.226 e. The second kappa shape index (κ2) is 6.79. The summed E-state index contributed by atoms with van der Waals surface area (Å²) < 4.78 is 0. The molecule has 0 spiro atoms. The molecule has 1 N–H and O–H groups in total. The number of fused-ring (bicyclic) bond motifs is 2. The van der Waals surface area contributed by atoms with Crippen molar-refractivity contribution in [2.75, 3.05) is 5.32 Å². The lowest BCUT2D eigenvalue weighted by molar-refractivity contribution is -0.129. The van der Waals surface area contributed by atoms with Gasteiger partial charge in [0.1, 0.15) is 0 Å². The Morgan fingerprint density at radius 1 is 1.12 bits per heavy atom. The minimum Gasteiger partial charge on any atom is -0.326 e. The van der Waals surface area contributed by atoms with Gasteiger partial charge < -0.3 is 10.2 Å². The highest BCUT2D eigenvalue weighted by Gasteiger charge is 2.28. The zero-order valence-corrected chi connectivity index (χ0v) is 14.9. The number of nitrogens with zero attached hydrogens (tertiary/aromatic N) is 1. The summed E-state index contributed by atoms with van der Waals surface area (Å²) >= 11 is 0. The van der Waals surface area contributed by atoms with Gasteiger partial charge in [-0.3, -0.25) is 9.59 Å². The fraction of sp³-hybridized carbons (Fsp3) is 0.273. The van der Waals surface area contributed by atoms with E-state index in [-0.39, 0.29) is 24.3 Å². The molecule has 0 saturated carbocycles. The molecule has 132 valence electrons. The van der Waals surface area contributed by atoms with Gasteiger partial charge in [0.05, 0.1) is 12.5 Å². The predicted molar refractivity (Wildman–Crippen MR) is 102 cm³/mol. The van der Waals surface area contributed by atoms with E-state index in [9.17, 15) is 9.59 Å². The van der Waals surface area contributed by atoms with Crippen molar-refractivity contribution in [2.24, 2.45) is 0 Å². The summed E-state index contributed by atoms with van der Waals surface area (Å²) in [6, 6.07) is 13.8. The van der Waals surface area contributed by atoms with E-state index in [1.54, 1.807) is 11.1 Å². The standard InChI is InChI=1S/C22H22N2O2/c1-15(25)24-12-11-17-5-2-3-8-20(17)21(24)14-22(26)23-19-10-9-16-6-4-7-18(16)13-19/h2-3,5,8-13,21H,4,6-7,14H2,1H3,(H,23,26)/t21-/m1/s1. The zero-order chi connectivity index (χ0) is 18.1. The van der Waals surface area contributed by atoms with Crippen molar-refractivity contribution in [3.8, 4) is 0 Å². The van der Waals surface area contributed by atoms with Gasteiger partial charge in [-0.2, -0.15) is 0 Å². The molecule has 2 aromatic carbocycles. The molecule has 26 heavy (non-hydrogen) atoms. The maximum absolute atomic E-state index is 12.7. The Labute approximate surface area is 153 Å². The number of aryl methyl sites for hydroxylation is 2. The summed E-state index contributed by atoms with van der Waals surface area (Å²) in [5.41, 5.74) is 5.62. The van der Waals surface area contributed by atoms with Crippen LogP contribution >= 0.6 is 0 Å². The lowest BCUT2D eigenvalue weighted by Crippen LogP contribution is -2.33. The number of amides is 2. The van der Waals surface area contributed by atoms with Gasteiger partial charge in [-0.25, -0.2) is 0 Å². The van der Waals surface area contributed by atoms with Crippen molar-refractivity contribution in [1.82, 2.24) is 4.90 Å². The monoisotopic (exact) mass is 346 g/mol. The Bertz CT molecular complexity index is 901. The lowest BCUT2D eigenvalue weighted by atomic mass is 9.93. The topological polar surface area (TPSA) is 49.4 Å². The summed E-state index contributed by atoms with van der Waals surface area (Å²) in [5, 5.41) is 3.01. The van der Waals surface area contributed by atoms with Crippen LogP contribution in [0, 0.1) is 0 Å². The van der Waals surface area contributed by atoms with Gasteiger partial charge in [0.25, 0.3) is 0 Å². The molecule has 0 unspecified atom stereocenters. The van der Waals surface area contributed by atoms with Gasteiger partial charge in [-0.15, -0.1) is 0 Å². The van der Waals surface area contributed by atoms with E-state index >= 15 is 0 Å². The molecule has 4 heteroatoms. The highest BCUT2D eigenvalue weighted by molar-refractivity contribution is 5.92. The Balaban J connectivity index is 1.53. The molecule has 1 atom stereocenters. The smallest absolute Gasteiger partial charge is 0.226 e. The summed E-state index contributed by atoms with van der Waals surface area (Å²) in [5.74, 6) is -0.143. The van der Waals surface area contributed by atoms with E-state index in [1.165, 1.54) is 24.5 Å². The van der Waals surface area contributed by atoms with E-state index in [2.05, 4.69) is 17.4 Å². The Kier molecular flexibility index (Phi) is 4.33. The lowest BCUT2D eigenvalue weighted by Gasteiger charge is -2.32. The highest BCUT2D eigenvalue weighted by atomic mass is 16.2. The van der Waals surface area contributed by atoms with Crippen molar-refractivity contribution in [2.45, 2.75) is 38.6 Å². The first-order chi connectivity index (χ1) is 12.6. The van der Waals surface area contributed by atoms with Crippen molar-refractivity contribution >= 4 is 23.6 Å². The third kappa shape index (κ3) is 3.15. The molecular formula is C22H22N2O2. The zero-order valence-electron chi connectivity index (χ0n) is 14.9. The molecule has 4 nitrogen and oxygen atoms in total. The number of carbonyl (C=O) groups excluding carboxylic acids is 2. The highest BCUT2D eigenvalue weighted by Crippen LogP contribution is 2.33. The SMILES string of the molecule is CC(=O)N1C=Cc2ccccc2[C@H]1CC(=O)Nc1ccc2c(c1)CCC2. The number of carbonyl (C=O) groups is 2. The van der Waals surface area contributed by atoms with E-state index in [0.717, 1.165) is 29.7 Å². The average Bonchev–Trinajstić information content (AvgIpc) is 3.09. The molecule has 2 amide bonds. The number of anilines is 1. The van der Waals surface area contributed by atoms with Gasteiger partial charge in [0.2, 0.25) is 11.8 Å². The molecule has 0 radical (unpaired) electrons. The number of hydrogen-bond donors (Lipinski definition) is 1. The second-order valence-electron chi connectivity index (χ2n) is 6.98. The van der Waals surface area contributed by atoms with Crippen LogP contribution in [0.4, 0.5) is 5.69 Å². The number of nitrogens with one attached hydrogen (secondary N) is 1. The quantitative estimate of drug-likeness (QED) is 0.910. The van der Waals surface area contributed by atoms with E-state index in [1.807, 2.05) is 36.4 Å². The molecule has 0 aromatic heterocycles. The molecular weight excluding hydrogens is 324 g/mol. The molecule has 4 rings (SSSR count). The molecule has 2 aromatic rings.